The van der Waals surface area contributed by atoms with Gasteiger partial charge in [0.2, 0.25) is 0 Å². The van der Waals surface area contributed by atoms with Crippen LogP contribution in [0.25, 0.3) is 99.5 Å². The third-order valence-corrected chi connectivity index (χ3v) is 11.3. The average molecular weight is 713 g/mol. The number of fused-ring (bicyclic) bond motifs is 6. The normalized spacial score (nSPS) is 11.6. The average Bonchev–Trinajstić information content (AvgIpc) is 3.79. The fourth-order valence-electron chi connectivity index (χ4n) is 8.69. The lowest BCUT2D eigenvalue weighted by molar-refractivity contribution is 1.18. The second-order valence-electron chi connectivity index (χ2n) is 14.5. The minimum Gasteiger partial charge on any atom is -0.309 e. The Morgan fingerprint density at radius 1 is 0.232 bits per heavy atom. The molecular formula is C54H36N2. The van der Waals surface area contributed by atoms with E-state index in [0.717, 1.165) is 11.4 Å². The van der Waals surface area contributed by atoms with Crippen molar-refractivity contribution in [1.82, 2.24) is 9.13 Å². The smallest absolute Gasteiger partial charge is 0.0541 e. The second kappa shape index (κ2) is 13.2. The molecule has 0 bridgehead atoms. The first kappa shape index (κ1) is 32.0. The molecule has 0 spiro atoms. The van der Waals surface area contributed by atoms with Crippen molar-refractivity contribution >= 4 is 43.6 Å². The molecule has 0 atom stereocenters. The molecule has 262 valence electrons. The Labute approximate surface area is 325 Å². The van der Waals surface area contributed by atoms with E-state index in [1.54, 1.807) is 0 Å². The maximum atomic E-state index is 2.44. The zero-order valence-corrected chi connectivity index (χ0v) is 30.7. The van der Waals surface area contributed by atoms with Crippen LogP contribution in [0, 0.1) is 0 Å². The van der Waals surface area contributed by atoms with Crippen LogP contribution in [-0.4, -0.2) is 9.13 Å². The Morgan fingerprint density at radius 3 is 1.30 bits per heavy atom. The lowest BCUT2D eigenvalue weighted by Crippen LogP contribution is -1.97. The van der Waals surface area contributed by atoms with Crippen molar-refractivity contribution < 1.29 is 0 Å². The number of benzene rings is 9. The van der Waals surface area contributed by atoms with Crippen LogP contribution in [0.3, 0.4) is 0 Å². The minimum atomic E-state index is 1.16. The van der Waals surface area contributed by atoms with Crippen LogP contribution in [-0.2, 0) is 0 Å². The number of aromatic nitrogens is 2. The first-order valence-corrected chi connectivity index (χ1v) is 19.3. The summed E-state index contributed by atoms with van der Waals surface area (Å²) in [5.41, 5.74) is 16.8. The standard InChI is InChI=1S/C54H36N2/c1-4-15-37(16-5-1)40-28-32-54-47(34-40)46-24-11-13-26-51(46)56(54)50-25-12-10-23-45(50)43-20-14-19-39(33-43)42-29-31-53-49(36-42)48-35-41(38-17-6-2-7-18-38)27-30-52(48)55(53)44-21-8-3-9-22-44/h1-36H. The molecule has 0 amide bonds. The molecule has 0 N–H and O–H groups in total. The minimum absolute atomic E-state index is 1.16. The summed E-state index contributed by atoms with van der Waals surface area (Å²) in [6, 6.07) is 79.4. The van der Waals surface area contributed by atoms with Crippen molar-refractivity contribution in [2.45, 2.75) is 0 Å². The maximum Gasteiger partial charge on any atom is 0.0541 e. The molecule has 0 aliphatic rings. The van der Waals surface area contributed by atoms with E-state index in [1.165, 1.54) is 88.1 Å². The van der Waals surface area contributed by atoms with E-state index in [4.69, 9.17) is 0 Å². The summed E-state index contributed by atoms with van der Waals surface area (Å²) in [5, 5.41) is 4.99. The Balaban J connectivity index is 1.06. The number of hydrogen-bond donors (Lipinski definition) is 0. The molecule has 2 nitrogen and oxygen atoms in total. The van der Waals surface area contributed by atoms with Gasteiger partial charge in [-0.25, -0.2) is 0 Å². The van der Waals surface area contributed by atoms with Crippen LogP contribution in [0.2, 0.25) is 0 Å². The highest BCUT2D eigenvalue weighted by Gasteiger charge is 2.18. The van der Waals surface area contributed by atoms with Gasteiger partial charge < -0.3 is 9.13 Å². The quantitative estimate of drug-likeness (QED) is 0.162. The predicted octanol–water partition coefficient (Wildman–Crippen LogP) is 14.5. The molecule has 2 heteroatoms. The van der Waals surface area contributed by atoms with Gasteiger partial charge in [0, 0.05) is 32.8 Å². The van der Waals surface area contributed by atoms with E-state index in [0.29, 0.717) is 0 Å². The van der Waals surface area contributed by atoms with Crippen molar-refractivity contribution in [3.05, 3.63) is 218 Å². The lowest BCUT2D eigenvalue weighted by atomic mass is 9.96. The van der Waals surface area contributed by atoms with Gasteiger partial charge in [0.25, 0.3) is 0 Å². The Hall–Kier alpha value is -7.42. The van der Waals surface area contributed by atoms with Crippen LogP contribution in [0.15, 0.2) is 218 Å². The van der Waals surface area contributed by atoms with Gasteiger partial charge in [-0.2, -0.15) is 0 Å². The van der Waals surface area contributed by atoms with E-state index in [-0.39, 0.29) is 0 Å². The third-order valence-electron chi connectivity index (χ3n) is 11.3. The van der Waals surface area contributed by atoms with Crippen LogP contribution in [0.4, 0.5) is 0 Å². The molecule has 0 aliphatic carbocycles. The highest BCUT2D eigenvalue weighted by atomic mass is 15.0. The zero-order chi connectivity index (χ0) is 37.0. The number of para-hydroxylation sites is 3. The lowest BCUT2D eigenvalue weighted by Gasteiger charge is -2.15. The summed E-state index contributed by atoms with van der Waals surface area (Å²) in [4.78, 5) is 0. The molecule has 11 aromatic rings. The molecule has 0 radical (unpaired) electrons. The summed E-state index contributed by atoms with van der Waals surface area (Å²) in [7, 11) is 0. The van der Waals surface area contributed by atoms with Gasteiger partial charge in [-0.05, 0) is 106 Å². The van der Waals surface area contributed by atoms with Gasteiger partial charge >= 0.3 is 0 Å². The van der Waals surface area contributed by atoms with Gasteiger partial charge in [0.15, 0.2) is 0 Å². The Kier molecular flexibility index (Phi) is 7.53. The fourth-order valence-corrected chi connectivity index (χ4v) is 8.69. The highest BCUT2D eigenvalue weighted by Crippen LogP contribution is 2.40. The monoisotopic (exact) mass is 712 g/mol. The van der Waals surface area contributed by atoms with Crippen LogP contribution in [0.1, 0.15) is 0 Å². The van der Waals surface area contributed by atoms with Crippen molar-refractivity contribution in [3.8, 4) is 55.9 Å². The first-order chi connectivity index (χ1) is 27.8. The van der Waals surface area contributed by atoms with Gasteiger partial charge in [0.1, 0.15) is 0 Å². The van der Waals surface area contributed by atoms with Crippen LogP contribution < -0.4 is 0 Å². The fraction of sp³-hybridized carbons (Fsp3) is 0. The topological polar surface area (TPSA) is 9.86 Å². The summed E-state index contributed by atoms with van der Waals surface area (Å²) < 4.78 is 4.83. The van der Waals surface area contributed by atoms with Gasteiger partial charge in [-0.15, -0.1) is 0 Å². The van der Waals surface area contributed by atoms with Crippen molar-refractivity contribution in [2.24, 2.45) is 0 Å². The van der Waals surface area contributed by atoms with E-state index >= 15 is 0 Å². The van der Waals surface area contributed by atoms with Crippen LogP contribution >= 0.6 is 0 Å². The molecule has 9 aromatic carbocycles. The number of nitrogens with zero attached hydrogens (tertiary/aromatic N) is 2. The summed E-state index contributed by atoms with van der Waals surface area (Å²) in [5.74, 6) is 0. The highest BCUT2D eigenvalue weighted by molar-refractivity contribution is 6.12. The molecule has 11 rings (SSSR count). The second-order valence-corrected chi connectivity index (χ2v) is 14.5. The zero-order valence-electron chi connectivity index (χ0n) is 30.7. The molecule has 0 unspecified atom stereocenters. The van der Waals surface area contributed by atoms with E-state index in [1.807, 2.05) is 0 Å². The molecule has 2 aromatic heterocycles. The Morgan fingerprint density at radius 2 is 0.661 bits per heavy atom. The summed E-state index contributed by atoms with van der Waals surface area (Å²) in [6.45, 7) is 0. The van der Waals surface area contributed by atoms with Crippen molar-refractivity contribution in [3.63, 3.8) is 0 Å². The number of hydrogen-bond acceptors (Lipinski definition) is 0. The molecular weight excluding hydrogens is 677 g/mol. The summed E-state index contributed by atoms with van der Waals surface area (Å²) >= 11 is 0. The first-order valence-electron chi connectivity index (χ1n) is 19.3. The van der Waals surface area contributed by atoms with Gasteiger partial charge in [-0.3, -0.25) is 0 Å². The van der Waals surface area contributed by atoms with E-state index in [2.05, 4.69) is 228 Å². The molecule has 56 heavy (non-hydrogen) atoms. The molecule has 0 fully saturated rings. The summed E-state index contributed by atoms with van der Waals surface area (Å²) in [6.07, 6.45) is 0. The SMILES string of the molecule is c1ccc(-c2ccc3c(c2)c2cc(-c4cccc(-c5ccccc5-n5c6ccccc6c6cc(-c7ccccc7)ccc65)c4)ccc2n3-c2ccccc2)cc1. The van der Waals surface area contributed by atoms with Crippen molar-refractivity contribution in [2.75, 3.05) is 0 Å². The number of rotatable bonds is 6. The van der Waals surface area contributed by atoms with Crippen LogP contribution in [0.5, 0.6) is 0 Å². The predicted molar refractivity (Wildman–Crippen MR) is 237 cm³/mol. The van der Waals surface area contributed by atoms with Gasteiger partial charge in [0.05, 0.1) is 27.8 Å². The molecule has 0 aliphatic heterocycles. The maximum absolute atomic E-state index is 2.44. The Bertz CT molecular complexity index is 3220. The molecule has 0 saturated carbocycles. The van der Waals surface area contributed by atoms with Crippen molar-refractivity contribution in [1.29, 1.82) is 0 Å². The van der Waals surface area contributed by atoms with Gasteiger partial charge in [-0.1, -0.05) is 152 Å². The third kappa shape index (κ3) is 5.26. The molecule has 2 heterocycles. The van der Waals surface area contributed by atoms with E-state index in [9.17, 15) is 0 Å². The molecule has 0 saturated heterocycles. The largest absolute Gasteiger partial charge is 0.309 e. The van der Waals surface area contributed by atoms with E-state index < -0.39 is 0 Å².